The molecule has 2 bridgehead atoms. The van der Waals surface area contributed by atoms with Gasteiger partial charge in [0.25, 0.3) is 0 Å². The standard InChI is InChI=1S/C32H35FN8O/c1-7-20-16-35-27-21(15-34)10-22(11-24(27)26(20)36-17-31(3,4)5)38-28(23-8-9-25(33)37-18(23)2)29-30(42-6)41(40-39-29)32-12-19(13-32)14-32/h1,8-11,16,19,28,38-40H,12-14,17H2,2-6H3,(H,35,36)/t19?,28-,32?/m0/s1. The van der Waals surface area contributed by atoms with Gasteiger partial charge in [-0.05, 0) is 55.7 Å². The zero-order valence-electron chi connectivity index (χ0n) is 24.5. The minimum Gasteiger partial charge on any atom is -0.480 e. The number of nitriles is 1. The molecule has 3 fully saturated rings. The number of hydrazine groups is 2. The molecule has 1 aromatic carbocycles. The molecule has 4 N–H and O–H groups in total. The van der Waals surface area contributed by atoms with Crippen molar-refractivity contribution in [3.8, 4) is 18.4 Å². The van der Waals surface area contributed by atoms with E-state index in [9.17, 15) is 9.65 Å². The number of halogens is 1. The summed E-state index contributed by atoms with van der Waals surface area (Å²) in [5.74, 6) is 3.62. The van der Waals surface area contributed by atoms with Gasteiger partial charge in [-0.15, -0.1) is 12.0 Å². The van der Waals surface area contributed by atoms with Crippen LogP contribution in [0, 0.1) is 47.9 Å². The van der Waals surface area contributed by atoms with E-state index in [0.29, 0.717) is 40.5 Å². The van der Waals surface area contributed by atoms with E-state index in [0.717, 1.165) is 47.5 Å². The summed E-state index contributed by atoms with van der Waals surface area (Å²) >= 11 is 0. The quantitative estimate of drug-likeness (QED) is 0.215. The fourth-order valence-electron chi connectivity index (χ4n) is 6.22. The summed E-state index contributed by atoms with van der Waals surface area (Å²) in [5.41, 5.74) is 11.7. The maximum Gasteiger partial charge on any atom is 0.229 e. The summed E-state index contributed by atoms with van der Waals surface area (Å²) in [5, 5.41) is 20.1. The lowest BCUT2D eigenvalue weighted by Gasteiger charge is -2.65. The molecular formula is C32H35FN8O. The minimum atomic E-state index is -0.552. The number of fused-ring (bicyclic) bond motifs is 1. The van der Waals surface area contributed by atoms with E-state index in [1.807, 2.05) is 6.07 Å². The van der Waals surface area contributed by atoms with Gasteiger partial charge in [0.05, 0.1) is 35.0 Å². The van der Waals surface area contributed by atoms with Crippen molar-refractivity contribution in [1.29, 1.82) is 5.26 Å². The number of aryl methyl sites for hydroxylation is 1. The zero-order valence-corrected chi connectivity index (χ0v) is 24.5. The highest BCUT2D eigenvalue weighted by Crippen LogP contribution is 2.61. The Morgan fingerprint density at radius 3 is 2.62 bits per heavy atom. The Morgan fingerprint density at radius 1 is 1.26 bits per heavy atom. The average molecular weight is 567 g/mol. The van der Waals surface area contributed by atoms with Gasteiger partial charge in [0.15, 0.2) is 0 Å². The molecular weight excluding hydrogens is 531 g/mol. The van der Waals surface area contributed by atoms with Crippen LogP contribution in [0.4, 0.5) is 15.8 Å². The third-order valence-electron chi connectivity index (χ3n) is 8.46. The largest absolute Gasteiger partial charge is 0.480 e. The monoisotopic (exact) mass is 566 g/mol. The number of ether oxygens (including phenoxy) is 1. The lowest BCUT2D eigenvalue weighted by molar-refractivity contribution is -0.164. The van der Waals surface area contributed by atoms with Crippen molar-refractivity contribution >= 4 is 22.3 Å². The molecule has 9 nitrogen and oxygen atoms in total. The lowest BCUT2D eigenvalue weighted by Crippen LogP contribution is -2.70. The van der Waals surface area contributed by atoms with Gasteiger partial charge in [0.1, 0.15) is 17.8 Å². The van der Waals surface area contributed by atoms with Crippen molar-refractivity contribution in [3.63, 3.8) is 0 Å². The van der Waals surface area contributed by atoms with Gasteiger partial charge >= 0.3 is 0 Å². The van der Waals surface area contributed by atoms with Crippen molar-refractivity contribution in [2.24, 2.45) is 11.3 Å². The maximum absolute atomic E-state index is 14.1. The SMILES string of the molecule is C#Cc1cnc2c(C#N)cc(N[C@H](C3=C(OC)N(C45CC(C4)C5)NN3)c3ccc(F)nc3C)cc2c1NCC(C)(C)C. The molecule has 0 radical (unpaired) electrons. The molecule has 0 spiro atoms. The van der Waals surface area contributed by atoms with Gasteiger partial charge in [-0.3, -0.25) is 9.99 Å². The topological polar surface area (TPSA) is 110 Å². The van der Waals surface area contributed by atoms with Crippen molar-refractivity contribution in [1.82, 2.24) is 25.9 Å². The fraction of sp³-hybridized carbons (Fsp3) is 0.406. The lowest BCUT2D eigenvalue weighted by atomic mass is 9.49. The Morgan fingerprint density at radius 2 is 2.02 bits per heavy atom. The summed E-state index contributed by atoms with van der Waals surface area (Å²) in [4.78, 5) is 8.65. The van der Waals surface area contributed by atoms with Crippen LogP contribution >= 0.6 is 0 Å². The van der Waals surface area contributed by atoms with Gasteiger partial charge in [-0.2, -0.15) is 9.65 Å². The predicted octanol–water partition coefficient (Wildman–Crippen LogP) is 5.23. The number of benzene rings is 1. The number of nitrogens with one attached hydrogen (secondary N) is 4. The van der Waals surface area contributed by atoms with Crippen LogP contribution in [0.5, 0.6) is 0 Å². The van der Waals surface area contributed by atoms with Gasteiger partial charge < -0.3 is 20.8 Å². The van der Waals surface area contributed by atoms with Crippen molar-refractivity contribution in [2.45, 2.75) is 58.5 Å². The Labute approximate surface area is 245 Å². The van der Waals surface area contributed by atoms with E-state index >= 15 is 0 Å². The van der Waals surface area contributed by atoms with Crippen molar-refractivity contribution in [3.05, 3.63) is 70.4 Å². The van der Waals surface area contributed by atoms with Crippen LogP contribution in [0.25, 0.3) is 10.9 Å². The minimum absolute atomic E-state index is 0.00989. The van der Waals surface area contributed by atoms with Crippen molar-refractivity contribution < 1.29 is 9.13 Å². The van der Waals surface area contributed by atoms with Crippen LogP contribution in [-0.2, 0) is 4.74 Å². The molecule has 7 rings (SSSR count). The van der Waals surface area contributed by atoms with Gasteiger partial charge in [0.2, 0.25) is 11.8 Å². The highest BCUT2D eigenvalue weighted by Gasteiger charge is 2.62. The van der Waals surface area contributed by atoms with Gasteiger partial charge in [-0.25, -0.2) is 4.98 Å². The Hall–Kier alpha value is -4.54. The number of hydrogen-bond acceptors (Lipinski definition) is 9. The van der Waals surface area contributed by atoms with E-state index in [2.05, 4.69) is 69.3 Å². The summed E-state index contributed by atoms with van der Waals surface area (Å²) in [6.07, 6.45) is 10.8. The molecule has 3 aromatic rings. The first-order chi connectivity index (χ1) is 20.1. The molecule has 4 aliphatic rings. The third-order valence-corrected chi connectivity index (χ3v) is 8.46. The van der Waals surface area contributed by atoms with E-state index < -0.39 is 12.0 Å². The number of rotatable bonds is 8. The van der Waals surface area contributed by atoms with Crippen LogP contribution in [0.3, 0.4) is 0 Å². The summed E-state index contributed by atoms with van der Waals surface area (Å²) in [7, 11) is 1.65. The first kappa shape index (κ1) is 27.6. The summed E-state index contributed by atoms with van der Waals surface area (Å²) in [6.45, 7) is 8.85. The van der Waals surface area contributed by atoms with E-state index in [1.54, 1.807) is 32.4 Å². The number of nitrogens with zero attached hydrogens (tertiary/aromatic N) is 4. The Kier molecular flexibility index (Phi) is 6.63. The number of hydrogen-bond donors (Lipinski definition) is 4. The van der Waals surface area contributed by atoms with E-state index in [-0.39, 0.29) is 11.0 Å². The molecule has 3 heterocycles. The number of terminal acetylenes is 1. The molecule has 0 unspecified atom stereocenters. The average Bonchev–Trinajstić information content (AvgIpc) is 3.31. The Balaban J connectivity index is 1.48. The zero-order chi connectivity index (χ0) is 29.8. The second-order valence-corrected chi connectivity index (χ2v) is 12.7. The highest BCUT2D eigenvalue weighted by molar-refractivity contribution is 5.99. The van der Waals surface area contributed by atoms with Crippen molar-refractivity contribution in [2.75, 3.05) is 24.3 Å². The second kappa shape index (κ2) is 10.1. The molecule has 0 saturated heterocycles. The van der Waals surface area contributed by atoms with Gasteiger partial charge in [-0.1, -0.05) is 32.8 Å². The molecule has 0 amide bonds. The second-order valence-electron chi connectivity index (χ2n) is 12.7. The van der Waals surface area contributed by atoms with Crippen LogP contribution in [-0.4, -0.2) is 34.2 Å². The maximum atomic E-state index is 14.1. The van der Waals surface area contributed by atoms with Crippen LogP contribution < -0.4 is 21.6 Å². The smallest absolute Gasteiger partial charge is 0.229 e. The summed E-state index contributed by atoms with van der Waals surface area (Å²) < 4.78 is 20.1. The highest BCUT2D eigenvalue weighted by atomic mass is 19.1. The third kappa shape index (κ3) is 4.62. The molecule has 1 atom stereocenters. The van der Waals surface area contributed by atoms with Gasteiger partial charge in [0, 0.05) is 35.1 Å². The predicted molar refractivity (Wildman–Crippen MR) is 160 cm³/mol. The molecule has 1 aliphatic heterocycles. The molecule has 10 heteroatoms. The number of methoxy groups -OCH3 is 1. The first-order valence-corrected chi connectivity index (χ1v) is 14.1. The number of anilines is 2. The normalized spacial score (nSPS) is 21.5. The van der Waals surface area contributed by atoms with Crippen LogP contribution in [0.2, 0.25) is 0 Å². The fourth-order valence-corrected chi connectivity index (χ4v) is 6.22. The molecule has 3 saturated carbocycles. The van der Waals surface area contributed by atoms with E-state index in [4.69, 9.17) is 11.2 Å². The number of pyridine rings is 2. The molecule has 2 aromatic heterocycles. The van der Waals surface area contributed by atoms with E-state index in [1.165, 1.54) is 6.07 Å². The number of aromatic nitrogens is 2. The molecule has 42 heavy (non-hydrogen) atoms. The first-order valence-electron chi connectivity index (χ1n) is 14.1. The molecule has 216 valence electrons. The molecule has 3 aliphatic carbocycles. The van der Waals surface area contributed by atoms with Crippen LogP contribution in [0.15, 0.2) is 42.0 Å². The summed E-state index contributed by atoms with van der Waals surface area (Å²) in [6, 6.07) is 8.57. The Bertz CT molecular complexity index is 1680. The van der Waals surface area contributed by atoms with Crippen LogP contribution in [0.1, 0.15) is 68.5 Å².